The molecule has 2 amide bonds. The van der Waals surface area contributed by atoms with Crippen molar-refractivity contribution >= 4 is 46.0 Å². The van der Waals surface area contributed by atoms with Gasteiger partial charge in [-0.25, -0.2) is 0 Å². The van der Waals surface area contributed by atoms with E-state index in [0.717, 1.165) is 3.57 Å². The van der Waals surface area contributed by atoms with Gasteiger partial charge in [0.2, 0.25) is 5.91 Å². The molecule has 0 bridgehead atoms. The summed E-state index contributed by atoms with van der Waals surface area (Å²) >= 11 is 8.07. The van der Waals surface area contributed by atoms with Gasteiger partial charge in [-0.1, -0.05) is 11.6 Å². The summed E-state index contributed by atoms with van der Waals surface area (Å²) in [5.41, 5.74) is 0.519. The lowest BCUT2D eigenvalue weighted by molar-refractivity contribution is -0.123. The van der Waals surface area contributed by atoms with E-state index in [1.165, 1.54) is 4.90 Å². The maximum atomic E-state index is 12.1. The molecule has 17 heavy (non-hydrogen) atoms. The summed E-state index contributed by atoms with van der Waals surface area (Å²) in [6.07, 6.45) is 0. The lowest BCUT2D eigenvalue weighted by Gasteiger charge is -2.26. The van der Waals surface area contributed by atoms with Crippen molar-refractivity contribution in [2.24, 2.45) is 0 Å². The highest BCUT2D eigenvalue weighted by Gasteiger charge is 2.22. The van der Waals surface area contributed by atoms with Crippen LogP contribution in [0.3, 0.4) is 0 Å². The zero-order chi connectivity index (χ0) is 12.4. The minimum absolute atomic E-state index is 0.114. The number of amides is 2. The molecular formula is C11H10ClIN2O2. The van der Waals surface area contributed by atoms with Crippen LogP contribution in [-0.2, 0) is 4.79 Å². The van der Waals surface area contributed by atoms with Crippen LogP contribution in [-0.4, -0.2) is 36.3 Å². The van der Waals surface area contributed by atoms with E-state index in [1.54, 1.807) is 18.2 Å². The highest BCUT2D eigenvalue weighted by Crippen LogP contribution is 2.20. The lowest BCUT2D eigenvalue weighted by atomic mass is 10.2. The number of hydrogen-bond donors (Lipinski definition) is 1. The molecule has 1 aliphatic heterocycles. The molecule has 0 aromatic heterocycles. The normalized spacial score (nSPS) is 15.6. The largest absolute Gasteiger partial charge is 0.353 e. The zero-order valence-corrected chi connectivity index (χ0v) is 11.8. The van der Waals surface area contributed by atoms with Gasteiger partial charge in [-0.05, 0) is 40.8 Å². The summed E-state index contributed by atoms with van der Waals surface area (Å²) in [6.45, 7) is 1.15. The fourth-order valence-electron chi connectivity index (χ4n) is 1.62. The third-order valence-electron chi connectivity index (χ3n) is 2.49. The number of halogens is 2. The maximum absolute atomic E-state index is 12.1. The van der Waals surface area contributed by atoms with Gasteiger partial charge >= 0.3 is 0 Å². The second-order valence-electron chi connectivity index (χ2n) is 3.71. The summed E-state index contributed by atoms with van der Waals surface area (Å²) in [5.74, 6) is -0.278. The molecule has 1 aromatic carbocycles. The molecule has 0 aliphatic carbocycles. The van der Waals surface area contributed by atoms with Crippen molar-refractivity contribution in [2.45, 2.75) is 0 Å². The van der Waals surface area contributed by atoms with E-state index >= 15 is 0 Å². The summed E-state index contributed by atoms with van der Waals surface area (Å²) in [7, 11) is 0. The quantitative estimate of drug-likeness (QED) is 0.768. The van der Waals surface area contributed by atoms with E-state index in [1.807, 2.05) is 0 Å². The summed E-state index contributed by atoms with van der Waals surface area (Å²) in [5, 5.41) is 3.23. The maximum Gasteiger partial charge on any atom is 0.254 e. The Hall–Kier alpha value is -0.820. The third kappa shape index (κ3) is 2.90. The molecule has 0 radical (unpaired) electrons. The number of rotatable bonds is 1. The molecule has 0 unspecified atom stereocenters. The first-order chi connectivity index (χ1) is 8.08. The van der Waals surface area contributed by atoms with E-state index in [4.69, 9.17) is 11.6 Å². The molecule has 1 aliphatic rings. The number of nitrogens with zero attached hydrogens (tertiary/aromatic N) is 1. The van der Waals surface area contributed by atoms with Crippen LogP contribution in [0.15, 0.2) is 18.2 Å². The van der Waals surface area contributed by atoms with Gasteiger partial charge in [0, 0.05) is 22.2 Å². The van der Waals surface area contributed by atoms with Crippen molar-refractivity contribution in [3.05, 3.63) is 32.4 Å². The zero-order valence-electron chi connectivity index (χ0n) is 8.87. The predicted octanol–water partition coefficient (Wildman–Crippen LogP) is 1.52. The van der Waals surface area contributed by atoms with Gasteiger partial charge in [0.25, 0.3) is 5.91 Å². The Bertz CT molecular complexity index is 479. The second kappa shape index (κ2) is 5.22. The highest BCUT2D eigenvalue weighted by atomic mass is 127. The minimum atomic E-state index is -0.154. The molecule has 4 nitrogen and oxygen atoms in total. The first kappa shape index (κ1) is 12.6. The van der Waals surface area contributed by atoms with Crippen LogP contribution in [0.5, 0.6) is 0 Å². The standard InChI is InChI=1S/C11H10ClIN2O2/c12-8-5-7(1-2-9(8)13)11(17)15-4-3-14-10(16)6-15/h1-2,5H,3-4,6H2,(H,14,16). The molecule has 1 heterocycles. The topological polar surface area (TPSA) is 49.4 Å². The minimum Gasteiger partial charge on any atom is -0.353 e. The number of piperazine rings is 1. The second-order valence-corrected chi connectivity index (χ2v) is 5.27. The van der Waals surface area contributed by atoms with Crippen LogP contribution in [0.2, 0.25) is 5.02 Å². The summed E-state index contributed by atoms with van der Waals surface area (Å²) in [6, 6.07) is 5.15. The smallest absolute Gasteiger partial charge is 0.254 e. The predicted molar refractivity (Wildman–Crippen MR) is 73.1 cm³/mol. The van der Waals surface area contributed by atoms with E-state index in [0.29, 0.717) is 23.7 Å². The Morgan fingerprint density at radius 1 is 1.47 bits per heavy atom. The van der Waals surface area contributed by atoms with Crippen molar-refractivity contribution < 1.29 is 9.59 Å². The number of carbonyl (C=O) groups is 2. The van der Waals surface area contributed by atoms with Crippen molar-refractivity contribution in [2.75, 3.05) is 19.6 Å². The number of carbonyl (C=O) groups excluding carboxylic acids is 2. The van der Waals surface area contributed by atoms with E-state index in [2.05, 4.69) is 27.9 Å². The monoisotopic (exact) mass is 364 g/mol. The molecule has 6 heteroatoms. The third-order valence-corrected chi connectivity index (χ3v) is 4.06. The van der Waals surface area contributed by atoms with E-state index < -0.39 is 0 Å². The Morgan fingerprint density at radius 3 is 2.88 bits per heavy atom. The average molecular weight is 365 g/mol. The molecule has 1 aromatic rings. The fraction of sp³-hybridized carbons (Fsp3) is 0.273. The van der Waals surface area contributed by atoms with Gasteiger partial charge in [-0.2, -0.15) is 0 Å². The van der Waals surface area contributed by atoms with Gasteiger partial charge in [0.05, 0.1) is 11.6 Å². The molecule has 1 fully saturated rings. The van der Waals surface area contributed by atoms with Gasteiger partial charge < -0.3 is 10.2 Å². The number of benzene rings is 1. The first-order valence-corrected chi connectivity index (χ1v) is 6.54. The van der Waals surface area contributed by atoms with Crippen LogP contribution in [0, 0.1) is 3.57 Å². The van der Waals surface area contributed by atoms with Crippen molar-refractivity contribution in [3.8, 4) is 0 Å². The molecular weight excluding hydrogens is 354 g/mol. The molecule has 90 valence electrons. The molecule has 0 spiro atoms. The average Bonchev–Trinajstić information content (AvgIpc) is 2.32. The Morgan fingerprint density at radius 2 is 2.24 bits per heavy atom. The van der Waals surface area contributed by atoms with Gasteiger partial charge in [0.15, 0.2) is 0 Å². The van der Waals surface area contributed by atoms with Crippen molar-refractivity contribution in [1.82, 2.24) is 10.2 Å². The van der Waals surface area contributed by atoms with Crippen molar-refractivity contribution in [3.63, 3.8) is 0 Å². The van der Waals surface area contributed by atoms with Crippen LogP contribution in [0.1, 0.15) is 10.4 Å². The number of nitrogens with one attached hydrogen (secondary N) is 1. The first-order valence-electron chi connectivity index (χ1n) is 5.09. The van der Waals surface area contributed by atoms with Crippen LogP contribution >= 0.6 is 34.2 Å². The fourth-order valence-corrected chi connectivity index (χ4v) is 2.14. The lowest BCUT2D eigenvalue weighted by Crippen LogP contribution is -2.49. The van der Waals surface area contributed by atoms with Crippen molar-refractivity contribution in [1.29, 1.82) is 0 Å². The Kier molecular flexibility index (Phi) is 3.88. The highest BCUT2D eigenvalue weighted by molar-refractivity contribution is 14.1. The Balaban J connectivity index is 2.18. The molecule has 2 rings (SSSR count). The molecule has 0 atom stereocenters. The SMILES string of the molecule is O=C1CN(C(=O)c2ccc(I)c(Cl)c2)CCN1. The summed E-state index contributed by atoms with van der Waals surface area (Å²) < 4.78 is 0.900. The van der Waals surface area contributed by atoms with E-state index in [9.17, 15) is 9.59 Å². The van der Waals surface area contributed by atoms with Crippen LogP contribution < -0.4 is 5.32 Å². The molecule has 0 saturated carbocycles. The molecule has 1 N–H and O–H groups in total. The molecule has 1 saturated heterocycles. The van der Waals surface area contributed by atoms with Crippen LogP contribution in [0.4, 0.5) is 0 Å². The number of hydrogen-bond acceptors (Lipinski definition) is 2. The van der Waals surface area contributed by atoms with Crippen LogP contribution in [0.25, 0.3) is 0 Å². The van der Waals surface area contributed by atoms with Gasteiger partial charge in [-0.3, -0.25) is 9.59 Å². The Labute approximate surface area is 117 Å². The van der Waals surface area contributed by atoms with Gasteiger partial charge in [0.1, 0.15) is 0 Å². The van der Waals surface area contributed by atoms with E-state index in [-0.39, 0.29) is 18.4 Å². The van der Waals surface area contributed by atoms with Gasteiger partial charge in [-0.15, -0.1) is 0 Å². The summed E-state index contributed by atoms with van der Waals surface area (Å²) in [4.78, 5) is 24.8.